The summed E-state index contributed by atoms with van der Waals surface area (Å²) in [5.41, 5.74) is 7.00. The lowest BCUT2D eigenvalue weighted by Gasteiger charge is -2.31. The molecule has 12 heteroatoms. The number of nitrogens with one attached hydrogen (secondary N) is 1. The number of piperidine rings is 1. The van der Waals surface area contributed by atoms with Crippen molar-refractivity contribution in [3.05, 3.63) is 64.7 Å². The fraction of sp³-hybridized carbons (Fsp3) is 0.346. The lowest BCUT2D eigenvalue weighted by molar-refractivity contribution is -0.134. The SMILES string of the molecule is CCN=CN1CCC(Oc2ccc(N(CC=Cc3cccc(C(=N)N)c3)S(=O)(=O)CC(=O)O)cc2Cl)CC1. The van der Waals surface area contributed by atoms with Gasteiger partial charge in [0.1, 0.15) is 17.7 Å². The fourth-order valence-corrected chi connectivity index (χ4v) is 5.37. The van der Waals surface area contributed by atoms with E-state index in [1.54, 1.807) is 48.6 Å². The van der Waals surface area contributed by atoms with Crippen LogP contribution in [0.5, 0.6) is 5.75 Å². The summed E-state index contributed by atoms with van der Waals surface area (Å²) in [6, 6.07) is 11.5. The van der Waals surface area contributed by atoms with Crippen molar-refractivity contribution in [2.75, 3.05) is 36.2 Å². The number of likely N-dealkylation sites (tertiary alicyclic amines) is 1. The van der Waals surface area contributed by atoms with E-state index in [4.69, 9.17) is 32.6 Å². The maximum absolute atomic E-state index is 12.9. The van der Waals surface area contributed by atoms with Gasteiger partial charge in [-0.05, 0) is 36.8 Å². The summed E-state index contributed by atoms with van der Waals surface area (Å²) in [5, 5.41) is 17.0. The van der Waals surface area contributed by atoms with Crippen molar-refractivity contribution < 1.29 is 23.1 Å². The molecule has 0 unspecified atom stereocenters. The molecule has 204 valence electrons. The number of aliphatic carboxylic acids is 1. The Labute approximate surface area is 227 Å². The van der Waals surface area contributed by atoms with Crippen LogP contribution in [0.25, 0.3) is 6.08 Å². The highest BCUT2D eigenvalue weighted by Gasteiger charge is 2.26. The molecule has 1 heterocycles. The molecular weight excluding hydrogens is 530 g/mol. The van der Waals surface area contributed by atoms with E-state index in [9.17, 15) is 13.2 Å². The Hall–Kier alpha value is -3.57. The highest BCUT2D eigenvalue weighted by Crippen LogP contribution is 2.32. The number of amidine groups is 1. The molecule has 0 saturated carbocycles. The normalized spacial score (nSPS) is 14.7. The second kappa shape index (κ2) is 13.3. The molecule has 3 rings (SSSR count). The van der Waals surface area contributed by atoms with Gasteiger partial charge in [0.15, 0.2) is 5.75 Å². The number of nitrogens with zero attached hydrogens (tertiary/aromatic N) is 3. The zero-order chi connectivity index (χ0) is 27.7. The van der Waals surface area contributed by atoms with E-state index in [0.717, 1.165) is 36.8 Å². The van der Waals surface area contributed by atoms with E-state index in [2.05, 4.69) is 9.89 Å². The quantitative estimate of drug-likeness (QED) is 0.265. The molecule has 0 atom stereocenters. The molecule has 4 N–H and O–H groups in total. The smallest absolute Gasteiger partial charge is 0.320 e. The number of ether oxygens (including phenoxy) is 1. The van der Waals surface area contributed by atoms with Gasteiger partial charge >= 0.3 is 5.97 Å². The number of nitrogen functional groups attached to an aromatic ring is 1. The molecule has 2 aromatic carbocycles. The number of aliphatic imine (C=N–C) groups is 1. The summed E-state index contributed by atoms with van der Waals surface area (Å²) in [4.78, 5) is 17.7. The van der Waals surface area contributed by atoms with Crippen LogP contribution in [0.15, 0.2) is 53.5 Å². The Bertz CT molecular complexity index is 1310. The Kier molecular flexibility index (Phi) is 10.1. The summed E-state index contributed by atoms with van der Waals surface area (Å²) >= 11 is 6.48. The third-order valence-corrected chi connectivity index (χ3v) is 7.76. The largest absolute Gasteiger partial charge is 0.489 e. The van der Waals surface area contributed by atoms with Gasteiger partial charge in [0.05, 0.1) is 23.6 Å². The predicted octanol–water partition coefficient (Wildman–Crippen LogP) is 3.45. The molecule has 0 amide bonds. The Morgan fingerprint density at radius 3 is 2.66 bits per heavy atom. The first kappa shape index (κ1) is 29.0. The van der Waals surface area contributed by atoms with Crippen LogP contribution in [-0.2, 0) is 14.8 Å². The Morgan fingerprint density at radius 1 is 1.29 bits per heavy atom. The van der Waals surface area contributed by atoms with Gasteiger partial charge in [0.2, 0.25) is 10.0 Å². The number of sulfonamides is 1. The number of carboxylic acids is 1. The van der Waals surface area contributed by atoms with Crippen molar-refractivity contribution in [2.24, 2.45) is 10.7 Å². The van der Waals surface area contributed by atoms with E-state index >= 15 is 0 Å². The van der Waals surface area contributed by atoms with E-state index in [1.165, 1.54) is 6.07 Å². The lowest BCUT2D eigenvalue weighted by atomic mass is 10.1. The van der Waals surface area contributed by atoms with Gasteiger partial charge in [-0.2, -0.15) is 0 Å². The highest BCUT2D eigenvalue weighted by atomic mass is 35.5. The average molecular weight is 562 g/mol. The summed E-state index contributed by atoms with van der Waals surface area (Å²) in [7, 11) is -4.21. The number of anilines is 1. The van der Waals surface area contributed by atoms with E-state index < -0.39 is 21.7 Å². The topological polar surface area (TPSA) is 149 Å². The molecule has 0 radical (unpaired) electrons. The molecule has 38 heavy (non-hydrogen) atoms. The molecule has 1 fully saturated rings. The zero-order valence-corrected chi connectivity index (χ0v) is 22.7. The summed E-state index contributed by atoms with van der Waals surface area (Å²) in [6.45, 7) is 4.21. The van der Waals surface area contributed by atoms with Gasteiger partial charge < -0.3 is 20.5 Å². The molecule has 0 aliphatic carbocycles. The summed E-state index contributed by atoms with van der Waals surface area (Å²) in [6.07, 6.45) is 6.67. The first-order valence-corrected chi connectivity index (χ1v) is 14.1. The predicted molar refractivity (Wildman–Crippen MR) is 151 cm³/mol. The summed E-state index contributed by atoms with van der Waals surface area (Å²) < 4.78 is 32.9. The van der Waals surface area contributed by atoms with Gasteiger partial charge in [-0.25, -0.2) is 8.42 Å². The molecule has 10 nitrogen and oxygen atoms in total. The molecule has 1 saturated heterocycles. The highest BCUT2D eigenvalue weighted by molar-refractivity contribution is 7.93. The molecule has 0 spiro atoms. The van der Waals surface area contributed by atoms with Crippen LogP contribution in [0.3, 0.4) is 0 Å². The molecule has 0 bridgehead atoms. The van der Waals surface area contributed by atoms with Gasteiger partial charge in [-0.15, -0.1) is 0 Å². The second-order valence-electron chi connectivity index (χ2n) is 8.70. The average Bonchev–Trinajstić information content (AvgIpc) is 2.86. The van der Waals surface area contributed by atoms with Gasteiger partial charge in [-0.1, -0.05) is 42.0 Å². The third kappa shape index (κ3) is 8.22. The van der Waals surface area contributed by atoms with Gasteiger partial charge in [0.25, 0.3) is 0 Å². The van der Waals surface area contributed by atoms with E-state index in [1.807, 2.05) is 13.3 Å². The minimum absolute atomic E-state index is 0.0369. The Balaban J connectivity index is 1.77. The minimum Gasteiger partial charge on any atom is -0.489 e. The Morgan fingerprint density at radius 2 is 2.03 bits per heavy atom. The first-order valence-electron chi connectivity index (χ1n) is 12.1. The van der Waals surface area contributed by atoms with Crippen LogP contribution in [-0.4, -0.2) is 74.6 Å². The lowest BCUT2D eigenvalue weighted by Crippen LogP contribution is -2.37. The van der Waals surface area contributed by atoms with Crippen molar-refractivity contribution in [1.29, 1.82) is 5.41 Å². The zero-order valence-electron chi connectivity index (χ0n) is 21.1. The fourth-order valence-electron chi connectivity index (χ4n) is 3.93. The maximum atomic E-state index is 12.9. The van der Waals surface area contributed by atoms with Crippen LogP contribution in [0.1, 0.15) is 30.9 Å². The van der Waals surface area contributed by atoms with Gasteiger partial charge in [-0.3, -0.25) is 19.5 Å². The van der Waals surface area contributed by atoms with E-state index in [-0.39, 0.29) is 29.2 Å². The number of hydrogen-bond donors (Lipinski definition) is 3. The maximum Gasteiger partial charge on any atom is 0.320 e. The first-order chi connectivity index (χ1) is 18.1. The molecule has 1 aliphatic rings. The molecular formula is C26H32ClN5O5S. The number of carboxylic acid groups (broad SMARTS) is 1. The summed E-state index contributed by atoms with van der Waals surface area (Å²) in [5.74, 6) is -2.19. The van der Waals surface area contributed by atoms with Crippen molar-refractivity contribution in [3.8, 4) is 5.75 Å². The van der Waals surface area contributed by atoms with Crippen molar-refractivity contribution in [2.45, 2.75) is 25.9 Å². The number of rotatable bonds is 12. The second-order valence-corrected chi connectivity index (χ2v) is 11.0. The third-order valence-electron chi connectivity index (χ3n) is 5.82. The van der Waals surface area contributed by atoms with Crippen LogP contribution in [0, 0.1) is 5.41 Å². The number of carbonyl (C=O) groups is 1. The van der Waals surface area contributed by atoms with Crippen molar-refractivity contribution in [1.82, 2.24) is 4.90 Å². The number of benzene rings is 2. The van der Waals surface area contributed by atoms with Crippen LogP contribution in [0.2, 0.25) is 5.02 Å². The minimum atomic E-state index is -4.21. The molecule has 0 aromatic heterocycles. The molecule has 2 aromatic rings. The van der Waals surface area contributed by atoms with Gasteiger partial charge in [0, 0.05) is 38.0 Å². The van der Waals surface area contributed by atoms with Crippen LogP contribution >= 0.6 is 11.6 Å². The van der Waals surface area contributed by atoms with Crippen LogP contribution < -0.4 is 14.8 Å². The monoisotopic (exact) mass is 561 g/mol. The molecule has 1 aliphatic heterocycles. The number of nitrogens with two attached hydrogens (primary N) is 1. The van der Waals surface area contributed by atoms with Crippen molar-refractivity contribution >= 4 is 51.5 Å². The van der Waals surface area contributed by atoms with E-state index in [0.29, 0.717) is 16.9 Å². The van der Waals surface area contributed by atoms with Crippen LogP contribution in [0.4, 0.5) is 5.69 Å². The number of hydrogen-bond acceptors (Lipinski definition) is 6. The standard InChI is InChI=1S/C26H32ClN5O5S/c1-2-30-18-31-13-10-22(11-14-31)37-24-9-8-21(16-23(24)27)32(38(35,36)17-25(33)34)12-4-6-19-5-3-7-20(15-19)26(28)29/h3-9,15-16,18,22H,2,10-14,17H2,1H3,(H3,28,29)(H,33,34). The number of halogens is 1. The van der Waals surface area contributed by atoms with Crippen molar-refractivity contribution in [3.63, 3.8) is 0 Å².